The van der Waals surface area contributed by atoms with Gasteiger partial charge in [-0.05, 0) is 60.7 Å². The summed E-state index contributed by atoms with van der Waals surface area (Å²) < 4.78 is 0. The van der Waals surface area contributed by atoms with E-state index in [1.54, 1.807) is 48.5 Å². The van der Waals surface area contributed by atoms with Gasteiger partial charge in [-0.25, -0.2) is 9.59 Å². The first kappa shape index (κ1) is 39.2. The summed E-state index contributed by atoms with van der Waals surface area (Å²) in [6.45, 7) is 0. The SMILES string of the molecule is O=C([O-])c1cc(C(=O)[O-])c(C(=O)O)cc1C(=O)O.OC(O)(c1ccccn1)c1ccccn1.OC(O)(c1ccccn1)c1ccccn1.[Cu+2]. The van der Waals surface area contributed by atoms with Crippen LogP contribution in [-0.2, 0) is 28.6 Å². The Morgan fingerprint density at radius 3 is 0.898 bits per heavy atom. The number of aromatic carboxylic acids is 4. The molecule has 0 spiro atoms. The maximum absolute atomic E-state index is 10.7. The van der Waals surface area contributed by atoms with E-state index in [2.05, 4.69) is 19.9 Å². The molecule has 0 saturated heterocycles. The molecule has 0 aliphatic heterocycles. The van der Waals surface area contributed by atoms with E-state index in [9.17, 15) is 49.8 Å². The largest absolute Gasteiger partial charge is 2.00 e. The number of benzene rings is 1. The van der Waals surface area contributed by atoms with Crippen molar-refractivity contribution in [2.24, 2.45) is 0 Å². The number of pyridine rings is 4. The molecule has 0 atom stereocenters. The van der Waals surface area contributed by atoms with Gasteiger partial charge in [0.05, 0.1) is 23.1 Å². The van der Waals surface area contributed by atoms with E-state index >= 15 is 0 Å². The smallest absolute Gasteiger partial charge is 0.545 e. The molecule has 0 unspecified atom stereocenters. The number of carbonyl (C=O) groups excluding carboxylic acids is 2. The zero-order valence-electron chi connectivity index (χ0n) is 24.6. The first-order valence-corrected chi connectivity index (χ1v) is 13.3. The van der Waals surface area contributed by atoms with Gasteiger partial charge >= 0.3 is 29.0 Å². The topological polar surface area (TPSA) is 287 Å². The predicted octanol–water partition coefficient (Wildman–Crippen LogP) is -0.868. The molecule has 17 heteroatoms. The third kappa shape index (κ3) is 10.0. The maximum Gasteiger partial charge on any atom is 2.00 e. The Bertz CT molecular complexity index is 1610. The van der Waals surface area contributed by atoms with Crippen molar-refractivity contribution in [3.63, 3.8) is 0 Å². The Hall–Kier alpha value is -5.94. The second-order valence-electron chi connectivity index (χ2n) is 9.33. The van der Waals surface area contributed by atoms with Gasteiger partial charge in [-0.2, -0.15) is 0 Å². The molecule has 0 aliphatic carbocycles. The first-order valence-electron chi connectivity index (χ1n) is 13.3. The quantitative estimate of drug-likeness (QED) is 0.0839. The molecule has 0 saturated carbocycles. The van der Waals surface area contributed by atoms with Gasteiger partial charge in [0.1, 0.15) is 22.8 Å². The number of carboxylic acid groups (broad SMARTS) is 4. The van der Waals surface area contributed by atoms with Crippen LogP contribution < -0.4 is 10.2 Å². The van der Waals surface area contributed by atoms with Crippen LogP contribution in [0.3, 0.4) is 0 Å². The minimum atomic E-state index is -2.14. The van der Waals surface area contributed by atoms with Gasteiger partial charge < -0.3 is 50.4 Å². The molecule has 0 bridgehead atoms. The van der Waals surface area contributed by atoms with E-state index in [1.807, 2.05) is 0 Å². The first-order chi connectivity index (χ1) is 22.7. The number of nitrogens with zero attached hydrogens (tertiary/aromatic N) is 4. The number of aliphatic hydroxyl groups is 4. The zero-order chi connectivity index (χ0) is 35.5. The van der Waals surface area contributed by atoms with Gasteiger partial charge in [0.2, 0.25) is 0 Å². The summed E-state index contributed by atoms with van der Waals surface area (Å²) in [5.74, 6) is -11.6. The van der Waals surface area contributed by atoms with Gasteiger partial charge in [0.25, 0.3) is 11.6 Å². The van der Waals surface area contributed by atoms with Crippen molar-refractivity contribution in [3.05, 3.63) is 155 Å². The van der Waals surface area contributed by atoms with Gasteiger partial charge in [0, 0.05) is 35.9 Å². The van der Waals surface area contributed by atoms with Crippen LogP contribution in [-0.4, -0.2) is 74.5 Å². The number of carboxylic acids is 4. The monoisotopic (exact) mass is 719 g/mol. The van der Waals surface area contributed by atoms with E-state index < -0.39 is 57.7 Å². The van der Waals surface area contributed by atoms with Crippen molar-refractivity contribution in [1.29, 1.82) is 0 Å². The fourth-order valence-electron chi connectivity index (χ4n) is 3.83. The molecule has 5 aromatic rings. The van der Waals surface area contributed by atoms with E-state index in [0.717, 1.165) is 0 Å². The molecule has 49 heavy (non-hydrogen) atoms. The van der Waals surface area contributed by atoms with Crippen LogP contribution in [0.2, 0.25) is 0 Å². The Kier molecular flexibility index (Phi) is 13.8. The van der Waals surface area contributed by atoms with Crippen molar-refractivity contribution >= 4 is 23.9 Å². The number of aromatic nitrogens is 4. The Labute approximate surface area is 286 Å². The van der Waals surface area contributed by atoms with Crippen LogP contribution in [0.25, 0.3) is 0 Å². The molecule has 4 aromatic heterocycles. The average molecular weight is 720 g/mol. The third-order valence-electron chi connectivity index (χ3n) is 6.15. The molecule has 0 aliphatic rings. The molecule has 1 radical (unpaired) electrons. The van der Waals surface area contributed by atoms with Crippen LogP contribution in [0, 0.1) is 0 Å². The van der Waals surface area contributed by atoms with Gasteiger partial charge in [0.15, 0.2) is 0 Å². The van der Waals surface area contributed by atoms with Crippen molar-refractivity contribution in [2.45, 2.75) is 11.6 Å². The normalized spacial score (nSPS) is 10.5. The van der Waals surface area contributed by atoms with Crippen LogP contribution in [0.4, 0.5) is 0 Å². The summed E-state index contributed by atoms with van der Waals surface area (Å²) in [6, 6.07) is 20.5. The molecule has 0 fully saturated rings. The molecule has 4 heterocycles. The summed E-state index contributed by atoms with van der Waals surface area (Å²) in [7, 11) is 0. The summed E-state index contributed by atoms with van der Waals surface area (Å²) in [5.41, 5.74) is -3.01. The van der Waals surface area contributed by atoms with E-state index in [4.69, 9.17) is 10.2 Å². The molecule has 0 amide bonds. The van der Waals surface area contributed by atoms with Crippen LogP contribution in [0.15, 0.2) is 110 Å². The molecular weight excluding hydrogens is 696 g/mol. The summed E-state index contributed by atoms with van der Waals surface area (Å²) in [6.07, 6.45) is 6.00. The number of carbonyl (C=O) groups is 4. The van der Waals surface area contributed by atoms with Crippen LogP contribution in [0.1, 0.15) is 64.2 Å². The fraction of sp³-hybridized carbons (Fsp3) is 0.0625. The minimum absolute atomic E-state index is 0. The van der Waals surface area contributed by atoms with E-state index in [-0.39, 0.29) is 39.8 Å². The second-order valence-corrected chi connectivity index (χ2v) is 9.33. The molecule has 255 valence electrons. The average Bonchev–Trinajstić information content (AvgIpc) is 3.09. The summed E-state index contributed by atoms with van der Waals surface area (Å²) >= 11 is 0. The Balaban J connectivity index is 0.000000254. The van der Waals surface area contributed by atoms with Gasteiger partial charge in [-0.3, -0.25) is 19.9 Å². The standard InChI is InChI=1S/2C11H10N2O2.C10H6O8.Cu/c2*14-11(15,9-5-1-3-7-12-9)10-6-2-4-8-13-10;11-7(12)3-1-4(8(13)14)6(10(17)18)2-5(3)9(15)16;/h2*1-8,14-15H;1-2H,(H,11,12)(H,13,14)(H,15,16)(H,17,18);/q;;;+2/p-2. The summed E-state index contributed by atoms with van der Waals surface area (Å²) in [4.78, 5) is 58.3. The fourth-order valence-corrected chi connectivity index (χ4v) is 3.83. The zero-order valence-corrected chi connectivity index (χ0v) is 25.6. The van der Waals surface area contributed by atoms with Crippen molar-refractivity contribution in [3.8, 4) is 0 Å². The van der Waals surface area contributed by atoms with E-state index in [0.29, 0.717) is 12.1 Å². The second kappa shape index (κ2) is 17.3. The van der Waals surface area contributed by atoms with Crippen molar-refractivity contribution in [1.82, 2.24) is 19.9 Å². The predicted molar refractivity (Wildman–Crippen MR) is 156 cm³/mol. The Morgan fingerprint density at radius 1 is 0.469 bits per heavy atom. The molecule has 5 rings (SSSR count). The molecule has 16 nitrogen and oxygen atoms in total. The van der Waals surface area contributed by atoms with Crippen molar-refractivity contribution in [2.75, 3.05) is 0 Å². The van der Waals surface area contributed by atoms with Gasteiger partial charge in [-0.1, -0.05) is 24.3 Å². The van der Waals surface area contributed by atoms with E-state index in [1.165, 1.54) is 49.1 Å². The van der Waals surface area contributed by atoms with Crippen LogP contribution in [0.5, 0.6) is 0 Å². The van der Waals surface area contributed by atoms with Crippen LogP contribution >= 0.6 is 0 Å². The molecular formula is C32H24CuN4O12. The number of hydrogen-bond donors (Lipinski definition) is 6. The third-order valence-corrected chi connectivity index (χ3v) is 6.15. The molecule has 1 aromatic carbocycles. The summed E-state index contributed by atoms with van der Waals surface area (Å²) in [5, 5.41) is 78.3. The van der Waals surface area contributed by atoms with Gasteiger partial charge in [-0.15, -0.1) is 0 Å². The molecule has 6 N–H and O–H groups in total. The number of rotatable bonds is 8. The minimum Gasteiger partial charge on any atom is -0.545 e. The number of hydrogen-bond acceptors (Lipinski definition) is 14. The Morgan fingerprint density at radius 2 is 0.714 bits per heavy atom. The maximum atomic E-state index is 10.7. The van der Waals surface area contributed by atoms with Crippen molar-refractivity contribution < 1.29 is 77.1 Å².